The molecule has 0 saturated carbocycles. The molecule has 1 fully saturated rings. The Hall–Kier alpha value is -0.550. The first kappa shape index (κ1) is 9.98. The topological polar surface area (TPSA) is 51.0 Å². The summed E-state index contributed by atoms with van der Waals surface area (Å²) in [6, 6.07) is 0.290. The van der Waals surface area contributed by atoms with Gasteiger partial charge in [-0.15, -0.1) is 10.2 Å². The third kappa shape index (κ3) is 2.27. The molecule has 0 aliphatic carbocycles. The Labute approximate surface area is 87.9 Å². The van der Waals surface area contributed by atoms with Crippen LogP contribution in [0.3, 0.4) is 0 Å². The highest BCUT2D eigenvalue weighted by Crippen LogP contribution is 2.24. The zero-order valence-corrected chi connectivity index (χ0v) is 9.14. The first-order chi connectivity index (χ1) is 6.90. The second kappa shape index (κ2) is 4.79. The van der Waals surface area contributed by atoms with Crippen molar-refractivity contribution in [3.63, 3.8) is 0 Å². The lowest BCUT2D eigenvalue weighted by Crippen LogP contribution is -2.12. The second-order valence-electron chi connectivity index (χ2n) is 3.40. The van der Waals surface area contributed by atoms with Gasteiger partial charge in [0.05, 0.1) is 6.04 Å². The Bertz CT molecular complexity index is 283. The van der Waals surface area contributed by atoms with Gasteiger partial charge >= 0.3 is 0 Å². The van der Waals surface area contributed by atoms with Gasteiger partial charge in [0, 0.05) is 5.75 Å². The zero-order chi connectivity index (χ0) is 9.80. The van der Waals surface area contributed by atoms with Crippen molar-refractivity contribution in [2.45, 2.75) is 37.5 Å². The van der Waals surface area contributed by atoms with Crippen molar-refractivity contribution in [3.05, 3.63) is 5.89 Å². The maximum absolute atomic E-state index is 5.55. The second-order valence-corrected chi connectivity index (χ2v) is 4.45. The fourth-order valence-electron chi connectivity index (χ4n) is 1.50. The minimum Gasteiger partial charge on any atom is -0.414 e. The average molecular weight is 213 g/mol. The van der Waals surface area contributed by atoms with E-state index in [1.165, 1.54) is 6.42 Å². The van der Waals surface area contributed by atoms with Crippen LogP contribution in [-0.2, 0) is 0 Å². The molecular weight excluding hydrogens is 198 g/mol. The number of hydrogen-bond acceptors (Lipinski definition) is 5. The van der Waals surface area contributed by atoms with Gasteiger partial charge in [-0.25, -0.2) is 0 Å². The molecule has 4 nitrogen and oxygen atoms in total. The van der Waals surface area contributed by atoms with E-state index in [2.05, 4.69) is 22.4 Å². The Kier molecular flexibility index (Phi) is 3.42. The molecule has 1 atom stereocenters. The molecule has 1 aliphatic rings. The van der Waals surface area contributed by atoms with Crippen LogP contribution in [-0.4, -0.2) is 22.5 Å². The summed E-state index contributed by atoms with van der Waals surface area (Å²) in [7, 11) is 0. The van der Waals surface area contributed by atoms with Gasteiger partial charge in [0.15, 0.2) is 0 Å². The van der Waals surface area contributed by atoms with Gasteiger partial charge in [-0.05, 0) is 25.8 Å². The largest absolute Gasteiger partial charge is 0.414 e. The number of thioether (sulfide) groups is 1. The fourth-order valence-corrected chi connectivity index (χ4v) is 2.13. The molecule has 1 aliphatic heterocycles. The lowest BCUT2D eigenvalue weighted by molar-refractivity contribution is 0.374. The molecule has 2 rings (SSSR count). The smallest absolute Gasteiger partial charge is 0.276 e. The molecule has 1 aromatic heterocycles. The van der Waals surface area contributed by atoms with Crippen molar-refractivity contribution in [1.82, 2.24) is 15.5 Å². The van der Waals surface area contributed by atoms with Crippen molar-refractivity contribution in [3.8, 4) is 0 Å². The van der Waals surface area contributed by atoms with E-state index in [1.807, 2.05) is 0 Å². The summed E-state index contributed by atoms with van der Waals surface area (Å²) in [5.41, 5.74) is 0. The summed E-state index contributed by atoms with van der Waals surface area (Å²) < 4.78 is 5.55. The third-order valence-electron chi connectivity index (χ3n) is 2.21. The van der Waals surface area contributed by atoms with E-state index >= 15 is 0 Å². The summed E-state index contributed by atoms with van der Waals surface area (Å²) in [6.07, 6.45) is 3.44. The Balaban J connectivity index is 1.94. The molecule has 1 aromatic rings. The van der Waals surface area contributed by atoms with Gasteiger partial charge in [0.1, 0.15) is 0 Å². The maximum atomic E-state index is 5.55. The number of aromatic nitrogens is 2. The van der Waals surface area contributed by atoms with Crippen molar-refractivity contribution >= 4 is 11.8 Å². The van der Waals surface area contributed by atoms with E-state index in [9.17, 15) is 0 Å². The average Bonchev–Trinajstić information content (AvgIpc) is 2.85. The van der Waals surface area contributed by atoms with Crippen molar-refractivity contribution in [2.75, 3.05) is 12.3 Å². The van der Waals surface area contributed by atoms with E-state index in [1.54, 1.807) is 11.8 Å². The zero-order valence-electron chi connectivity index (χ0n) is 8.32. The first-order valence-electron chi connectivity index (χ1n) is 5.09. The summed E-state index contributed by atoms with van der Waals surface area (Å²) >= 11 is 1.63. The van der Waals surface area contributed by atoms with Crippen LogP contribution in [0, 0.1) is 0 Å². The predicted molar refractivity (Wildman–Crippen MR) is 55.3 cm³/mol. The normalized spacial score (nSPS) is 21.6. The fraction of sp³-hybridized carbons (Fsp3) is 0.778. The van der Waals surface area contributed by atoms with Crippen LogP contribution < -0.4 is 5.32 Å². The summed E-state index contributed by atoms with van der Waals surface area (Å²) in [4.78, 5) is 0. The summed E-state index contributed by atoms with van der Waals surface area (Å²) in [5, 5.41) is 12.1. The highest BCUT2D eigenvalue weighted by Gasteiger charge is 2.21. The summed E-state index contributed by atoms with van der Waals surface area (Å²) in [5.74, 6) is 1.79. The molecule has 14 heavy (non-hydrogen) atoms. The van der Waals surface area contributed by atoms with Crippen LogP contribution >= 0.6 is 11.8 Å². The van der Waals surface area contributed by atoms with Gasteiger partial charge in [-0.1, -0.05) is 18.7 Å². The molecule has 5 heteroatoms. The molecule has 1 N–H and O–H groups in total. The van der Waals surface area contributed by atoms with E-state index in [-0.39, 0.29) is 0 Å². The monoisotopic (exact) mass is 213 g/mol. The lowest BCUT2D eigenvalue weighted by Gasteiger charge is -2.01. The molecule has 78 valence electrons. The van der Waals surface area contributed by atoms with Crippen molar-refractivity contribution < 1.29 is 4.42 Å². The summed E-state index contributed by atoms with van der Waals surface area (Å²) in [6.45, 7) is 3.20. The van der Waals surface area contributed by atoms with Crippen molar-refractivity contribution in [1.29, 1.82) is 0 Å². The molecule has 0 aromatic carbocycles. The van der Waals surface area contributed by atoms with E-state index in [0.29, 0.717) is 11.3 Å². The Morgan fingerprint density at radius 2 is 2.50 bits per heavy atom. The van der Waals surface area contributed by atoms with Gasteiger partial charge in [-0.3, -0.25) is 0 Å². The van der Waals surface area contributed by atoms with Gasteiger partial charge < -0.3 is 9.73 Å². The minimum atomic E-state index is 0.290. The van der Waals surface area contributed by atoms with E-state index < -0.39 is 0 Å². The molecular formula is C9H15N3OS. The number of nitrogens with zero attached hydrogens (tertiary/aromatic N) is 2. The maximum Gasteiger partial charge on any atom is 0.276 e. The van der Waals surface area contributed by atoms with Gasteiger partial charge in [0.25, 0.3) is 5.22 Å². The highest BCUT2D eigenvalue weighted by atomic mass is 32.2. The minimum absolute atomic E-state index is 0.290. The third-order valence-corrected chi connectivity index (χ3v) is 3.23. The Morgan fingerprint density at radius 3 is 3.21 bits per heavy atom. The van der Waals surface area contributed by atoms with Crippen LogP contribution in [0.1, 0.15) is 38.1 Å². The number of nitrogens with one attached hydrogen (secondary N) is 1. The number of hydrogen-bond donors (Lipinski definition) is 1. The Morgan fingerprint density at radius 1 is 1.57 bits per heavy atom. The molecule has 0 amide bonds. The first-order valence-corrected chi connectivity index (χ1v) is 6.08. The van der Waals surface area contributed by atoms with Crippen molar-refractivity contribution in [2.24, 2.45) is 0 Å². The van der Waals surface area contributed by atoms with Gasteiger partial charge in [-0.2, -0.15) is 0 Å². The van der Waals surface area contributed by atoms with Crippen LogP contribution in [0.25, 0.3) is 0 Å². The standard InChI is InChI=1S/C9H15N3OS/c1-2-6-14-9-12-11-8(13-9)7-4-3-5-10-7/h7,10H,2-6H2,1H3/t7-/m0/s1. The highest BCUT2D eigenvalue weighted by molar-refractivity contribution is 7.99. The molecule has 0 unspecified atom stereocenters. The van der Waals surface area contributed by atoms with Crippen LogP contribution in [0.2, 0.25) is 0 Å². The van der Waals surface area contributed by atoms with E-state index in [4.69, 9.17) is 4.42 Å². The molecule has 0 spiro atoms. The molecule has 1 saturated heterocycles. The SMILES string of the molecule is CCCSc1nnc([C@@H]2CCCN2)o1. The number of rotatable bonds is 4. The molecule has 0 bridgehead atoms. The van der Waals surface area contributed by atoms with Crippen LogP contribution in [0.4, 0.5) is 0 Å². The lowest BCUT2D eigenvalue weighted by atomic mass is 10.2. The quantitative estimate of drug-likeness (QED) is 0.775. The van der Waals surface area contributed by atoms with Gasteiger partial charge in [0.2, 0.25) is 5.89 Å². The molecule has 0 radical (unpaired) electrons. The van der Waals surface area contributed by atoms with E-state index in [0.717, 1.165) is 31.0 Å². The molecule has 2 heterocycles. The van der Waals surface area contributed by atoms with Crippen LogP contribution in [0.5, 0.6) is 0 Å². The van der Waals surface area contributed by atoms with Crippen LogP contribution in [0.15, 0.2) is 9.64 Å². The predicted octanol–water partition coefficient (Wildman–Crippen LogP) is 2.00.